The van der Waals surface area contributed by atoms with Crippen LogP contribution in [0.3, 0.4) is 0 Å². The van der Waals surface area contributed by atoms with E-state index in [0.29, 0.717) is 19.3 Å². The van der Waals surface area contributed by atoms with Gasteiger partial charge in [0.1, 0.15) is 25.0 Å². The van der Waals surface area contributed by atoms with Gasteiger partial charge in [0.2, 0.25) is 17.7 Å². The normalized spacial score (nSPS) is 16.9. The van der Waals surface area contributed by atoms with E-state index in [1.54, 1.807) is 13.8 Å². The second-order valence-electron chi connectivity index (χ2n) is 9.94. The fraction of sp³-hybridized carbons (Fsp3) is 0.414. The maximum Gasteiger partial charge on any atom is 0.408 e. The number of aldehydes is 1. The van der Waals surface area contributed by atoms with Crippen molar-refractivity contribution in [3.63, 3.8) is 0 Å². The molecule has 0 saturated carbocycles. The topological polar surface area (TPSA) is 143 Å². The van der Waals surface area contributed by atoms with Crippen LogP contribution in [-0.4, -0.2) is 54.8 Å². The first-order chi connectivity index (χ1) is 18.8. The Balaban J connectivity index is 1.67. The van der Waals surface area contributed by atoms with Crippen LogP contribution >= 0.6 is 0 Å². The second-order valence-corrected chi connectivity index (χ2v) is 9.94. The maximum absolute atomic E-state index is 13.3. The Labute approximate surface area is 228 Å². The molecule has 0 radical (unpaired) electrons. The van der Waals surface area contributed by atoms with Crippen LogP contribution in [0, 0.1) is 11.8 Å². The molecule has 4 atom stereocenters. The third kappa shape index (κ3) is 9.24. The molecule has 4 N–H and O–H groups in total. The highest BCUT2D eigenvalue weighted by atomic mass is 16.5. The van der Waals surface area contributed by atoms with Gasteiger partial charge in [-0.25, -0.2) is 4.79 Å². The van der Waals surface area contributed by atoms with Gasteiger partial charge >= 0.3 is 6.09 Å². The van der Waals surface area contributed by atoms with Crippen LogP contribution in [0.15, 0.2) is 60.7 Å². The lowest BCUT2D eigenvalue weighted by Crippen LogP contribution is -2.57. The molecule has 1 heterocycles. The van der Waals surface area contributed by atoms with Gasteiger partial charge in [0.25, 0.3) is 0 Å². The van der Waals surface area contributed by atoms with Crippen molar-refractivity contribution in [1.29, 1.82) is 0 Å². The number of hydrogen-bond acceptors (Lipinski definition) is 6. The SMILES string of the molecule is CC(C)C(NC(=O)OCc1ccccc1)C(=O)N[C@@H](Cc1ccccc1)C(=O)N[C@H](C=O)C[C@@H]1CCNC1=O. The van der Waals surface area contributed by atoms with Crippen LogP contribution in [0.5, 0.6) is 0 Å². The van der Waals surface area contributed by atoms with Gasteiger partial charge in [-0.1, -0.05) is 74.5 Å². The maximum atomic E-state index is 13.3. The Morgan fingerprint density at radius 2 is 1.59 bits per heavy atom. The van der Waals surface area contributed by atoms with E-state index in [4.69, 9.17) is 4.74 Å². The first kappa shape index (κ1) is 29.3. The molecule has 4 amide bonds. The number of rotatable bonds is 13. The molecule has 10 heteroatoms. The highest BCUT2D eigenvalue weighted by Crippen LogP contribution is 2.16. The average Bonchev–Trinajstić information content (AvgIpc) is 3.34. The summed E-state index contributed by atoms with van der Waals surface area (Å²) in [5, 5.41) is 10.7. The standard InChI is InChI=1S/C29H36N4O6/c1-19(2)25(33-29(38)39-18-21-11-7-4-8-12-21)28(37)32-24(15-20-9-5-3-6-10-20)27(36)31-23(17-34)16-22-13-14-30-26(22)35/h3-12,17,19,22-25H,13-16,18H2,1-2H3,(H,30,35)(H,31,36)(H,32,37)(H,33,38)/t22-,23-,24-,25?/m0/s1. The highest BCUT2D eigenvalue weighted by molar-refractivity contribution is 5.92. The van der Waals surface area contributed by atoms with Crippen molar-refractivity contribution in [2.75, 3.05) is 6.54 Å². The van der Waals surface area contributed by atoms with Crippen molar-refractivity contribution in [1.82, 2.24) is 21.3 Å². The summed E-state index contributed by atoms with van der Waals surface area (Å²) in [5.74, 6) is -1.93. The molecule has 1 aliphatic rings. The molecule has 1 aliphatic heterocycles. The van der Waals surface area contributed by atoms with Gasteiger partial charge in [0.05, 0.1) is 6.04 Å². The number of benzene rings is 2. The largest absolute Gasteiger partial charge is 0.445 e. The summed E-state index contributed by atoms with van der Waals surface area (Å²) < 4.78 is 5.27. The van der Waals surface area contributed by atoms with Gasteiger partial charge in [-0.3, -0.25) is 14.4 Å². The number of ether oxygens (including phenoxy) is 1. The van der Waals surface area contributed by atoms with Crippen molar-refractivity contribution < 1.29 is 28.7 Å². The molecule has 39 heavy (non-hydrogen) atoms. The Morgan fingerprint density at radius 3 is 2.15 bits per heavy atom. The Hall–Kier alpha value is -4.21. The summed E-state index contributed by atoms with van der Waals surface area (Å²) in [4.78, 5) is 62.7. The average molecular weight is 537 g/mol. The summed E-state index contributed by atoms with van der Waals surface area (Å²) in [5.41, 5.74) is 1.60. The summed E-state index contributed by atoms with van der Waals surface area (Å²) in [6.07, 6.45) is 0.776. The van der Waals surface area contributed by atoms with Crippen LogP contribution in [0.25, 0.3) is 0 Å². The third-order valence-corrected chi connectivity index (χ3v) is 6.54. The molecule has 1 saturated heterocycles. The zero-order chi connectivity index (χ0) is 28.2. The molecular formula is C29H36N4O6. The first-order valence-corrected chi connectivity index (χ1v) is 13.1. The van der Waals surface area contributed by atoms with E-state index in [-0.39, 0.29) is 37.2 Å². The Morgan fingerprint density at radius 1 is 0.949 bits per heavy atom. The van der Waals surface area contributed by atoms with Crippen LogP contribution in [0.2, 0.25) is 0 Å². The molecule has 0 bridgehead atoms. The Bertz CT molecular complexity index is 1130. The van der Waals surface area contributed by atoms with Crippen molar-refractivity contribution in [3.8, 4) is 0 Å². The molecule has 0 aromatic heterocycles. The summed E-state index contributed by atoms with van der Waals surface area (Å²) in [7, 11) is 0. The minimum Gasteiger partial charge on any atom is -0.445 e. The van der Waals surface area contributed by atoms with Crippen LogP contribution in [0.4, 0.5) is 4.79 Å². The van der Waals surface area contributed by atoms with Crippen LogP contribution in [-0.2, 0) is 36.9 Å². The minimum absolute atomic E-state index is 0.0459. The van der Waals surface area contributed by atoms with Crippen LogP contribution in [0.1, 0.15) is 37.8 Å². The lowest BCUT2D eigenvalue weighted by molar-refractivity contribution is -0.131. The fourth-order valence-electron chi connectivity index (χ4n) is 4.36. The smallest absolute Gasteiger partial charge is 0.408 e. The lowest BCUT2D eigenvalue weighted by Gasteiger charge is -2.26. The van der Waals surface area contributed by atoms with E-state index < -0.39 is 36.0 Å². The van der Waals surface area contributed by atoms with Gasteiger partial charge in [-0.2, -0.15) is 0 Å². The van der Waals surface area contributed by atoms with E-state index in [0.717, 1.165) is 11.1 Å². The molecule has 208 valence electrons. The van der Waals surface area contributed by atoms with Gasteiger partial charge in [-0.15, -0.1) is 0 Å². The fourth-order valence-corrected chi connectivity index (χ4v) is 4.36. The molecule has 1 unspecified atom stereocenters. The van der Waals surface area contributed by atoms with E-state index in [2.05, 4.69) is 21.3 Å². The minimum atomic E-state index is -1.02. The predicted octanol–water partition coefficient (Wildman–Crippen LogP) is 1.87. The van der Waals surface area contributed by atoms with E-state index >= 15 is 0 Å². The summed E-state index contributed by atoms with van der Waals surface area (Å²) in [6.45, 7) is 4.11. The number of carbonyl (C=O) groups excluding carboxylic acids is 5. The second kappa shape index (κ2) is 14.7. The van der Waals surface area contributed by atoms with Crippen molar-refractivity contribution >= 4 is 30.1 Å². The van der Waals surface area contributed by atoms with Gasteiger partial charge in [0, 0.05) is 18.9 Å². The predicted molar refractivity (Wildman–Crippen MR) is 144 cm³/mol. The lowest BCUT2D eigenvalue weighted by atomic mass is 9.98. The number of nitrogens with one attached hydrogen (secondary N) is 4. The van der Waals surface area contributed by atoms with Crippen LogP contribution < -0.4 is 21.3 Å². The third-order valence-electron chi connectivity index (χ3n) is 6.54. The monoisotopic (exact) mass is 536 g/mol. The van der Waals surface area contributed by atoms with Crippen molar-refractivity contribution in [2.45, 2.75) is 57.8 Å². The quantitative estimate of drug-likeness (QED) is 0.288. The van der Waals surface area contributed by atoms with E-state index in [9.17, 15) is 24.0 Å². The Kier molecular flexibility index (Phi) is 11.0. The van der Waals surface area contributed by atoms with Gasteiger partial charge < -0.3 is 30.8 Å². The molecule has 1 fully saturated rings. The highest BCUT2D eigenvalue weighted by Gasteiger charge is 2.32. The van der Waals surface area contributed by atoms with Gasteiger partial charge in [0.15, 0.2) is 0 Å². The summed E-state index contributed by atoms with van der Waals surface area (Å²) in [6, 6.07) is 15.4. The zero-order valence-corrected chi connectivity index (χ0v) is 22.2. The number of carbonyl (C=O) groups is 5. The number of amides is 4. The van der Waals surface area contributed by atoms with E-state index in [1.165, 1.54) is 0 Å². The van der Waals surface area contributed by atoms with Crippen molar-refractivity contribution in [3.05, 3.63) is 71.8 Å². The molecule has 2 aromatic rings. The zero-order valence-electron chi connectivity index (χ0n) is 22.2. The molecule has 3 rings (SSSR count). The number of alkyl carbamates (subject to hydrolysis) is 1. The van der Waals surface area contributed by atoms with E-state index in [1.807, 2.05) is 60.7 Å². The molecular weight excluding hydrogens is 500 g/mol. The first-order valence-electron chi connectivity index (χ1n) is 13.1. The molecule has 2 aromatic carbocycles. The molecule has 10 nitrogen and oxygen atoms in total. The van der Waals surface area contributed by atoms with Gasteiger partial charge in [-0.05, 0) is 29.9 Å². The van der Waals surface area contributed by atoms with Crippen molar-refractivity contribution in [2.24, 2.45) is 11.8 Å². The number of hydrogen-bond donors (Lipinski definition) is 4. The molecule has 0 aliphatic carbocycles. The summed E-state index contributed by atoms with van der Waals surface area (Å²) >= 11 is 0. The molecule has 0 spiro atoms.